The molecule has 0 aromatic heterocycles. The highest BCUT2D eigenvalue weighted by atomic mass is 79.9. The maximum atomic E-state index is 13.4. The number of hydrogen-bond donors (Lipinski definition) is 1. The van der Waals surface area contributed by atoms with Gasteiger partial charge < -0.3 is 10.5 Å². The Kier molecular flexibility index (Phi) is 3.80. The van der Waals surface area contributed by atoms with E-state index < -0.39 is 5.82 Å². The zero-order chi connectivity index (χ0) is 14.8. The lowest BCUT2D eigenvalue weighted by molar-refractivity contribution is 0.304. The van der Waals surface area contributed by atoms with E-state index in [2.05, 4.69) is 15.9 Å². The van der Waals surface area contributed by atoms with Crippen molar-refractivity contribution < 1.29 is 9.13 Å². The van der Waals surface area contributed by atoms with Crippen molar-refractivity contribution in [1.82, 2.24) is 0 Å². The van der Waals surface area contributed by atoms with Gasteiger partial charge in [0.2, 0.25) is 0 Å². The van der Waals surface area contributed by atoms with Gasteiger partial charge >= 0.3 is 0 Å². The Balaban J connectivity index is 1.85. The fourth-order valence-electron chi connectivity index (χ4n) is 2.15. The molecule has 0 atom stereocenters. The third-order valence-corrected chi connectivity index (χ3v) is 4.11. The maximum Gasteiger partial charge on any atom is 0.146 e. The van der Waals surface area contributed by atoms with E-state index in [1.807, 2.05) is 36.4 Å². The van der Waals surface area contributed by atoms with Gasteiger partial charge in [0.1, 0.15) is 18.2 Å². The summed E-state index contributed by atoms with van der Waals surface area (Å²) in [7, 11) is 0. The van der Waals surface area contributed by atoms with Crippen molar-refractivity contribution in [3.05, 3.63) is 70.5 Å². The number of ether oxygens (including phenoxy) is 1. The van der Waals surface area contributed by atoms with E-state index in [9.17, 15) is 4.39 Å². The van der Waals surface area contributed by atoms with Crippen molar-refractivity contribution in [3.8, 4) is 5.75 Å². The molecule has 4 heteroatoms. The minimum atomic E-state index is -0.423. The van der Waals surface area contributed by atoms with Gasteiger partial charge in [0, 0.05) is 0 Å². The van der Waals surface area contributed by atoms with Crippen LogP contribution in [0.4, 0.5) is 10.1 Å². The zero-order valence-electron chi connectivity index (χ0n) is 11.1. The second-order valence-corrected chi connectivity index (χ2v) is 5.54. The summed E-state index contributed by atoms with van der Waals surface area (Å²) in [5.74, 6) is 0.305. The molecule has 106 valence electrons. The molecule has 0 amide bonds. The van der Waals surface area contributed by atoms with Crippen LogP contribution >= 0.6 is 15.9 Å². The third-order valence-electron chi connectivity index (χ3n) is 3.29. The summed E-state index contributed by atoms with van der Waals surface area (Å²) in [5, 5.41) is 2.22. The van der Waals surface area contributed by atoms with Crippen LogP contribution in [0.15, 0.2) is 59.1 Å². The van der Waals surface area contributed by atoms with Crippen molar-refractivity contribution in [2.45, 2.75) is 6.61 Å². The fraction of sp³-hybridized carbons (Fsp3) is 0.0588. The number of nitrogen functional groups attached to an aromatic ring is 1. The summed E-state index contributed by atoms with van der Waals surface area (Å²) in [6.07, 6.45) is 0. The number of anilines is 1. The van der Waals surface area contributed by atoms with E-state index in [4.69, 9.17) is 10.5 Å². The predicted octanol–water partition coefficient (Wildman–Crippen LogP) is 4.90. The number of fused-ring (bicyclic) bond motifs is 1. The first-order valence-corrected chi connectivity index (χ1v) is 7.28. The average molecular weight is 346 g/mol. The lowest BCUT2D eigenvalue weighted by Crippen LogP contribution is -1.98. The van der Waals surface area contributed by atoms with Crippen LogP contribution in [0.3, 0.4) is 0 Å². The van der Waals surface area contributed by atoms with Crippen molar-refractivity contribution in [2.24, 2.45) is 0 Å². The van der Waals surface area contributed by atoms with Crippen molar-refractivity contribution in [3.63, 3.8) is 0 Å². The van der Waals surface area contributed by atoms with E-state index in [0.29, 0.717) is 0 Å². The van der Waals surface area contributed by atoms with Gasteiger partial charge in [-0.2, -0.15) is 0 Å². The van der Waals surface area contributed by atoms with Gasteiger partial charge in [0.15, 0.2) is 0 Å². The molecule has 3 rings (SSSR count). The highest BCUT2D eigenvalue weighted by molar-refractivity contribution is 9.10. The van der Waals surface area contributed by atoms with Gasteiger partial charge in [-0.05, 0) is 50.5 Å². The lowest BCUT2D eigenvalue weighted by Gasteiger charge is -2.11. The number of nitrogens with two attached hydrogens (primary N) is 1. The molecule has 0 spiro atoms. The zero-order valence-corrected chi connectivity index (χ0v) is 12.7. The first-order valence-electron chi connectivity index (χ1n) is 6.49. The molecule has 21 heavy (non-hydrogen) atoms. The Hall–Kier alpha value is -2.07. The van der Waals surface area contributed by atoms with Crippen LogP contribution in [0, 0.1) is 5.82 Å². The average Bonchev–Trinajstić information content (AvgIpc) is 2.50. The first kappa shape index (κ1) is 13.9. The SMILES string of the molecule is Nc1ccc(COc2ccc3ccccc3c2Br)cc1F. The molecule has 0 saturated carbocycles. The summed E-state index contributed by atoms with van der Waals surface area (Å²) >= 11 is 3.56. The standard InChI is InChI=1S/C17H13BrFNO/c18-17-13-4-2-1-3-12(13)6-8-16(17)21-10-11-5-7-15(20)14(19)9-11/h1-9H,10,20H2. The molecule has 0 aliphatic heterocycles. The molecule has 2 nitrogen and oxygen atoms in total. The number of halogens is 2. The minimum Gasteiger partial charge on any atom is -0.488 e. The molecule has 0 radical (unpaired) electrons. The van der Waals surface area contributed by atoms with Crippen LogP contribution in [0.5, 0.6) is 5.75 Å². The van der Waals surface area contributed by atoms with E-state index in [0.717, 1.165) is 26.6 Å². The van der Waals surface area contributed by atoms with Crippen LogP contribution in [0.1, 0.15) is 5.56 Å². The lowest BCUT2D eigenvalue weighted by atomic mass is 10.1. The minimum absolute atomic E-state index is 0.144. The smallest absolute Gasteiger partial charge is 0.146 e. The van der Waals surface area contributed by atoms with Crippen LogP contribution in [-0.2, 0) is 6.61 Å². The molecular weight excluding hydrogens is 333 g/mol. The molecule has 0 saturated heterocycles. The third kappa shape index (κ3) is 2.85. The first-order chi connectivity index (χ1) is 10.1. The summed E-state index contributed by atoms with van der Waals surface area (Å²) in [5.41, 5.74) is 6.34. The number of benzene rings is 3. The summed E-state index contributed by atoms with van der Waals surface area (Å²) in [6, 6.07) is 16.6. The molecule has 2 N–H and O–H groups in total. The van der Waals surface area contributed by atoms with E-state index in [-0.39, 0.29) is 12.3 Å². The van der Waals surface area contributed by atoms with Crippen molar-refractivity contribution in [1.29, 1.82) is 0 Å². The van der Waals surface area contributed by atoms with Gasteiger partial charge in [-0.1, -0.05) is 36.4 Å². The quantitative estimate of drug-likeness (QED) is 0.685. The molecule has 0 bridgehead atoms. The number of rotatable bonds is 3. The molecule has 3 aromatic carbocycles. The molecule has 0 aliphatic carbocycles. The second-order valence-electron chi connectivity index (χ2n) is 4.74. The Bertz CT molecular complexity index is 804. The largest absolute Gasteiger partial charge is 0.488 e. The van der Waals surface area contributed by atoms with Crippen LogP contribution in [0.25, 0.3) is 10.8 Å². The molecule has 3 aromatic rings. The summed E-state index contributed by atoms with van der Waals surface area (Å²) in [6.45, 7) is 0.286. The van der Waals surface area contributed by atoms with Crippen LogP contribution in [-0.4, -0.2) is 0 Å². The molecule has 0 fully saturated rings. The highest BCUT2D eigenvalue weighted by Gasteiger charge is 2.07. The Morgan fingerprint density at radius 1 is 1.05 bits per heavy atom. The molecule has 0 aliphatic rings. The Labute approximate surface area is 130 Å². The van der Waals surface area contributed by atoms with E-state index in [1.54, 1.807) is 12.1 Å². The summed E-state index contributed by atoms with van der Waals surface area (Å²) < 4.78 is 20.1. The number of hydrogen-bond acceptors (Lipinski definition) is 2. The Morgan fingerprint density at radius 2 is 1.86 bits per heavy atom. The van der Waals surface area contributed by atoms with Crippen LogP contribution in [0.2, 0.25) is 0 Å². The molecule has 0 unspecified atom stereocenters. The fourth-order valence-corrected chi connectivity index (χ4v) is 2.75. The maximum absolute atomic E-state index is 13.4. The Morgan fingerprint density at radius 3 is 2.67 bits per heavy atom. The van der Waals surface area contributed by atoms with Crippen LogP contribution < -0.4 is 10.5 Å². The normalized spacial score (nSPS) is 10.8. The topological polar surface area (TPSA) is 35.2 Å². The monoisotopic (exact) mass is 345 g/mol. The van der Waals surface area contributed by atoms with E-state index >= 15 is 0 Å². The van der Waals surface area contributed by atoms with Crippen molar-refractivity contribution in [2.75, 3.05) is 5.73 Å². The van der Waals surface area contributed by atoms with Gasteiger partial charge in [-0.25, -0.2) is 4.39 Å². The summed E-state index contributed by atoms with van der Waals surface area (Å²) in [4.78, 5) is 0. The molecular formula is C17H13BrFNO. The van der Waals surface area contributed by atoms with Gasteiger partial charge in [0.25, 0.3) is 0 Å². The van der Waals surface area contributed by atoms with Gasteiger partial charge in [-0.3, -0.25) is 0 Å². The van der Waals surface area contributed by atoms with Crippen molar-refractivity contribution >= 4 is 32.4 Å². The highest BCUT2D eigenvalue weighted by Crippen LogP contribution is 2.33. The van der Waals surface area contributed by atoms with E-state index in [1.165, 1.54) is 6.07 Å². The predicted molar refractivity (Wildman–Crippen MR) is 86.8 cm³/mol. The van der Waals surface area contributed by atoms with Gasteiger partial charge in [0.05, 0.1) is 10.2 Å². The van der Waals surface area contributed by atoms with Gasteiger partial charge in [-0.15, -0.1) is 0 Å². The second kappa shape index (κ2) is 5.74. The molecule has 0 heterocycles.